The highest BCUT2D eigenvalue weighted by Crippen LogP contribution is 2.31. The van der Waals surface area contributed by atoms with Gasteiger partial charge in [0.2, 0.25) is 5.16 Å². The van der Waals surface area contributed by atoms with E-state index < -0.39 is 0 Å². The Morgan fingerprint density at radius 1 is 0.917 bits per heavy atom. The molecule has 0 atom stereocenters. The van der Waals surface area contributed by atoms with Crippen LogP contribution in [0, 0.1) is 0 Å². The molecule has 9 heteroatoms. The topological polar surface area (TPSA) is 56.7 Å². The van der Waals surface area contributed by atoms with E-state index in [1.54, 1.807) is 24.3 Å². The minimum Gasteiger partial charge on any atom is -0.335 e. The van der Waals surface area contributed by atoms with Crippen LogP contribution in [0.1, 0.15) is 5.56 Å². The number of nitrogens with zero attached hydrogens (tertiary/aromatic N) is 3. The Kier molecular flexibility index (Phi) is 5.47. The van der Waals surface area contributed by atoms with Gasteiger partial charge in [0.05, 0.1) is 15.1 Å². The Hall–Kier alpha value is -1.11. The SMILES string of the molecule is Nn1c(SCc2ccc(Cl)c(Cl)c2)nnc1-c1ccc(Cl)cc1Cl. The predicted octanol–water partition coefficient (Wildman–Crippen LogP) is 5.56. The normalized spacial score (nSPS) is 11.0. The monoisotopic (exact) mass is 418 g/mol. The molecule has 0 aliphatic carbocycles. The average molecular weight is 420 g/mol. The number of nitrogens with two attached hydrogens (primary N) is 1. The Morgan fingerprint density at radius 2 is 1.71 bits per heavy atom. The summed E-state index contributed by atoms with van der Waals surface area (Å²) >= 11 is 25.5. The van der Waals surface area contributed by atoms with Crippen molar-refractivity contribution >= 4 is 58.2 Å². The van der Waals surface area contributed by atoms with Crippen molar-refractivity contribution in [3.05, 3.63) is 62.1 Å². The molecule has 0 amide bonds. The van der Waals surface area contributed by atoms with Crippen molar-refractivity contribution in [2.24, 2.45) is 0 Å². The quantitative estimate of drug-likeness (QED) is 0.443. The highest BCUT2D eigenvalue weighted by Gasteiger charge is 2.15. The summed E-state index contributed by atoms with van der Waals surface area (Å²) in [7, 11) is 0. The minimum atomic E-state index is 0.461. The van der Waals surface area contributed by atoms with E-state index in [1.807, 2.05) is 12.1 Å². The smallest absolute Gasteiger partial charge is 0.210 e. The largest absolute Gasteiger partial charge is 0.335 e. The lowest BCUT2D eigenvalue weighted by Crippen LogP contribution is -2.11. The maximum Gasteiger partial charge on any atom is 0.210 e. The first kappa shape index (κ1) is 17.7. The van der Waals surface area contributed by atoms with Crippen LogP contribution in [-0.4, -0.2) is 14.9 Å². The minimum absolute atomic E-state index is 0.461. The van der Waals surface area contributed by atoms with Crippen molar-refractivity contribution in [3.63, 3.8) is 0 Å². The van der Waals surface area contributed by atoms with Crippen molar-refractivity contribution < 1.29 is 0 Å². The summed E-state index contributed by atoms with van der Waals surface area (Å²) in [4.78, 5) is 0. The molecule has 0 fully saturated rings. The number of nitrogen functional groups attached to an aromatic ring is 1. The van der Waals surface area contributed by atoms with Gasteiger partial charge in [0.1, 0.15) is 0 Å². The second-order valence-corrected chi connectivity index (χ2v) is 7.44. The zero-order valence-corrected chi connectivity index (χ0v) is 15.9. The van der Waals surface area contributed by atoms with Crippen molar-refractivity contribution in [2.45, 2.75) is 10.9 Å². The van der Waals surface area contributed by atoms with E-state index in [2.05, 4.69) is 10.2 Å². The molecular weight excluding hydrogens is 410 g/mol. The molecule has 24 heavy (non-hydrogen) atoms. The lowest BCUT2D eigenvalue weighted by atomic mass is 10.2. The van der Waals surface area contributed by atoms with Gasteiger partial charge < -0.3 is 5.84 Å². The molecule has 0 radical (unpaired) electrons. The van der Waals surface area contributed by atoms with E-state index in [9.17, 15) is 0 Å². The molecule has 3 aromatic rings. The molecule has 124 valence electrons. The van der Waals surface area contributed by atoms with Crippen molar-refractivity contribution in [3.8, 4) is 11.4 Å². The molecule has 0 aliphatic heterocycles. The summed E-state index contributed by atoms with van der Waals surface area (Å²) in [6.07, 6.45) is 0. The summed E-state index contributed by atoms with van der Waals surface area (Å²) in [5.41, 5.74) is 1.67. The van der Waals surface area contributed by atoms with Crippen molar-refractivity contribution in [2.75, 3.05) is 5.84 Å². The molecule has 1 heterocycles. The Labute approximate surface area is 162 Å². The molecule has 0 bridgehead atoms. The number of benzene rings is 2. The molecule has 2 aromatic carbocycles. The number of aromatic nitrogens is 3. The maximum absolute atomic E-state index is 6.20. The van der Waals surface area contributed by atoms with Gasteiger partial charge in [-0.3, -0.25) is 0 Å². The van der Waals surface area contributed by atoms with Crippen LogP contribution in [0.3, 0.4) is 0 Å². The third-order valence-electron chi connectivity index (χ3n) is 3.19. The Balaban J connectivity index is 1.81. The molecule has 0 spiro atoms. The molecular formula is C15H10Cl4N4S. The first-order valence-corrected chi connectivity index (χ1v) is 9.18. The number of hydrogen-bond donors (Lipinski definition) is 1. The highest BCUT2D eigenvalue weighted by molar-refractivity contribution is 7.98. The summed E-state index contributed by atoms with van der Waals surface area (Å²) in [6.45, 7) is 0. The summed E-state index contributed by atoms with van der Waals surface area (Å²) in [5, 5.41) is 10.8. The van der Waals surface area contributed by atoms with Gasteiger partial charge >= 0.3 is 0 Å². The zero-order valence-electron chi connectivity index (χ0n) is 12.0. The Morgan fingerprint density at radius 3 is 2.42 bits per heavy atom. The number of halogens is 4. The van der Waals surface area contributed by atoms with Crippen LogP contribution >= 0.6 is 58.2 Å². The number of thioether (sulfide) groups is 1. The fourth-order valence-electron chi connectivity index (χ4n) is 2.01. The van der Waals surface area contributed by atoms with Gasteiger partial charge in [0, 0.05) is 16.3 Å². The molecule has 0 saturated carbocycles. The van der Waals surface area contributed by atoms with Gasteiger partial charge in [0.25, 0.3) is 0 Å². The fourth-order valence-corrected chi connectivity index (χ4v) is 3.62. The standard InChI is InChI=1S/C15H10Cl4N4S/c16-9-2-3-10(12(18)6-9)14-21-22-15(23(14)20)24-7-8-1-4-11(17)13(19)5-8/h1-6H,7,20H2. The molecule has 0 unspecified atom stereocenters. The predicted molar refractivity (Wildman–Crippen MR) is 102 cm³/mol. The highest BCUT2D eigenvalue weighted by atomic mass is 35.5. The second kappa shape index (κ2) is 7.42. The van der Waals surface area contributed by atoms with Crippen LogP contribution in [0.4, 0.5) is 0 Å². The molecule has 3 rings (SSSR count). The van der Waals surface area contributed by atoms with E-state index in [-0.39, 0.29) is 0 Å². The van der Waals surface area contributed by atoms with E-state index in [1.165, 1.54) is 16.4 Å². The summed E-state index contributed by atoms with van der Waals surface area (Å²) in [5.74, 6) is 7.18. The lowest BCUT2D eigenvalue weighted by Gasteiger charge is -2.06. The third kappa shape index (κ3) is 3.76. The van der Waals surface area contributed by atoms with Crippen LogP contribution in [0.25, 0.3) is 11.4 Å². The van der Waals surface area contributed by atoms with E-state index in [4.69, 9.17) is 52.2 Å². The molecule has 0 saturated heterocycles. The van der Waals surface area contributed by atoms with E-state index in [0.29, 0.717) is 42.4 Å². The fraction of sp³-hybridized carbons (Fsp3) is 0.0667. The number of hydrogen-bond acceptors (Lipinski definition) is 4. The van der Waals surface area contributed by atoms with Gasteiger partial charge in [0.15, 0.2) is 5.82 Å². The van der Waals surface area contributed by atoms with Gasteiger partial charge in [-0.25, -0.2) is 4.68 Å². The average Bonchev–Trinajstić information content (AvgIpc) is 2.89. The molecule has 2 N–H and O–H groups in total. The van der Waals surface area contributed by atoms with Gasteiger partial charge in [-0.1, -0.05) is 64.2 Å². The second-order valence-electron chi connectivity index (χ2n) is 4.84. The summed E-state index contributed by atoms with van der Waals surface area (Å²) < 4.78 is 1.40. The van der Waals surface area contributed by atoms with Crippen LogP contribution < -0.4 is 5.84 Å². The maximum atomic E-state index is 6.20. The number of rotatable bonds is 4. The Bertz CT molecular complexity index is 897. The lowest BCUT2D eigenvalue weighted by molar-refractivity contribution is 0.849. The summed E-state index contributed by atoms with van der Waals surface area (Å²) in [6, 6.07) is 10.6. The van der Waals surface area contributed by atoms with Crippen LogP contribution in [0.2, 0.25) is 20.1 Å². The first-order valence-electron chi connectivity index (χ1n) is 6.68. The van der Waals surface area contributed by atoms with E-state index >= 15 is 0 Å². The van der Waals surface area contributed by atoms with Crippen molar-refractivity contribution in [1.29, 1.82) is 0 Å². The van der Waals surface area contributed by atoms with Gasteiger partial charge in [-0.05, 0) is 35.9 Å². The molecule has 1 aromatic heterocycles. The third-order valence-corrected chi connectivity index (χ3v) is 5.49. The van der Waals surface area contributed by atoms with Gasteiger partial charge in [-0.15, -0.1) is 10.2 Å². The van der Waals surface area contributed by atoms with Crippen LogP contribution in [0.5, 0.6) is 0 Å². The zero-order chi connectivity index (χ0) is 17.3. The van der Waals surface area contributed by atoms with Crippen molar-refractivity contribution in [1.82, 2.24) is 14.9 Å². The molecule has 4 nitrogen and oxygen atoms in total. The van der Waals surface area contributed by atoms with Crippen LogP contribution in [0.15, 0.2) is 41.6 Å². The van der Waals surface area contributed by atoms with Crippen LogP contribution in [-0.2, 0) is 5.75 Å². The molecule has 0 aliphatic rings. The van der Waals surface area contributed by atoms with Gasteiger partial charge in [-0.2, -0.15) is 0 Å². The first-order chi connectivity index (χ1) is 11.5. The van der Waals surface area contributed by atoms with E-state index in [0.717, 1.165) is 5.56 Å².